The van der Waals surface area contributed by atoms with Crippen molar-refractivity contribution < 1.29 is 4.74 Å². The van der Waals surface area contributed by atoms with Crippen LogP contribution in [-0.4, -0.2) is 17.3 Å². The molecule has 1 aromatic carbocycles. The van der Waals surface area contributed by atoms with Crippen molar-refractivity contribution in [2.75, 3.05) is 7.11 Å². The fourth-order valence-corrected chi connectivity index (χ4v) is 1.83. The lowest BCUT2D eigenvalue weighted by Crippen LogP contribution is -2.14. The van der Waals surface area contributed by atoms with Crippen molar-refractivity contribution in [2.24, 2.45) is 0 Å². The zero-order chi connectivity index (χ0) is 12.8. The van der Waals surface area contributed by atoms with Crippen LogP contribution in [0.15, 0.2) is 36.5 Å². The van der Waals surface area contributed by atoms with Crippen LogP contribution in [0.2, 0.25) is 5.02 Å². The molecule has 2 rings (SSSR count). The van der Waals surface area contributed by atoms with Crippen LogP contribution in [0.3, 0.4) is 0 Å². The van der Waals surface area contributed by atoms with Gasteiger partial charge in [-0.15, -0.1) is 0 Å². The molecule has 0 aliphatic carbocycles. The molecule has 4 nitrogen and oxygen atoms in total. The number of nitrogens with one attached hydrogen (secondary N) is 1. The Kier molecular flexibility index (Phi) is 4.50. The largest absolute Gasteiger partial charge is 0.496 e. The fourth-order valence-electron chi connectivity index (χ4n) is 1.64. The minimum absolute atomic E-state index is 0.656. The first-order chi connectivity index (χ1) is 8.79. The van der Waals surface area contributed by atoms with E-state index < -0.39 is 0 Å². The first-order valence-corrected chi connectivity index (χ1v) is 5.97. The fraction of sp³-hybridized carbons (Fsp3) is 0.231. The molecular formula is C13H14ClN3O. The third-order valence-electron chi connectivity index (χ3n) is 2.49. The highest BCUT2D eigenvalue weighted by molar-refractivity contribution is 6.30. The van der Waals surface area contributed by atoms with E-state index in [-0.39, 0.29) is 0 Å². The highest BCUT2D eigenvalue weighted by atomic mass is 35.5. The summed E-state index contributed by atoms with van der Waals surface area (Å²) in [6, 6.07) is 9.36. The van der Waals surface area contributed by atoms with Crippen LogP contribution in [0.4, 0.5) is 0 Å². The molecule has 0 atom stereocenters. The minimum atomic E-state index is 0.656. The van der Waals surface area contributed by atoms with E-state index in [0.717, 1.165) is 17.0 Å². The summed E-state index contributed by atoms with van der Waals surface area (Å²) in [6.45, 7) is 1.32. The summed E-state index contributed by atoms with van der Waals surface area (Å²) in [6.07, 6.45) is 1.66. The molecule has 0 bridgehead atoms. The van der Waals surface area contributed by atoms with Crippen molar-refractivity contribution >= 4 is 11.6 Å². The second-order valence-electron chi connectivity index (χ2n) is 3.77. The van der Waals surface area contributed by atoms with Gasteiger partial charge in [0, 0.05) is 29.9 Å². The molecule has 0 amide bonds. The van der Waals surface area contributed by atoms with Crippen molar-refractivity contribution in [3.63, 3.8) is 0 Å². The Morgan fingerprint density at radius 3 is 2.89 bits per heavy atom. The average molecular weight is 264 g/mol. The van der Waals surface area contributed by atoms with Gasteiger partial charge in [0.15, 0.2) is 0 Å². The molecule has 94 valence electrons. The lowest BCUT2D eigenvalue weighted by Gasteiger charge is -2.09. The van der Waals surface area contributed by atoms with Crippen molar-refractivity contribution in [1.82, 2.24) is 15.5 Å². The number of hydrogen-bond donors (Lipinski definition) is 1. The van der Waals surface area contributed by atoms with Crippen LogP contribution in [0.1, 0.15) is 11.3 Å². The highest BCUT2D eigenvalue weighted by Crippen LogP contribution is 2.22. The van der Waals surface area contributed by atoms with Gasteiger partial charge in [-0.05, 0) is 30.3 Å². The standard InChI is InChI=1S/C13H14ClN3O/c1-18-13-5-4-11(14)7-10(13)8-15-9-12-3-2-6-16-17-12/h2-7,15H,8-9H2,1H3. The van der Waals surface area contributed by atoms with Gasteiger partial charge in [0.1, 0.15) is 5.75 Å². The summed E-state index contributed by atoms with van der Waals surface area (Å²) in [4.78, 5) is 0. The number of methoxy groups -OCH3 is 1. The van der Waals surface area contributed by atoms with Crippen LogP contribution < -0.4 is 10.1 Å². The third kappa shape index (κ3) is 3.42. The second kappa shape index (κ2) is 6.33. The van der Waals surface area contributed by atoms with Crippen LogP contribution in [0, 0.1) is 0 Å². The van der Waals surface area contributed by atoms with E-state index >= 15 is 0 Å². The molecule has 0 radical (unpaired) electrons. The predicted molar refractivity (Wildman–Crippen MR) is 70.6 cm³/mol. The van der Waals surface area contributed by atoms with Gasteiger partial charge < -0.3 is 10.1 Å². The molecule has 0 aliphatic heterocycles. The zero-order valence-corrected chi connectivity index (χ0v) is 10.8. The summed E-state index contributed by atoms with van der Waals surface area (Å²) in [7, 11) is 1.65. The molecular weight excluding hydrogens is 250 g/mol. The Hall–Kier alpha value is -1.65. The SMILES string of the molecule is COc1ccc(Cl)cc1CNCc1cccnn1. The minimum Gasteiger partial charge on any atom is -0.496 e. The van der Waals surface area contributed by atoms with Crippen LogP contribution in [-0.2, 0) is 13.1 Å². The third-order valence-corrected chi connectivity index (χ3v) is 2.73. The lowest BCUT2D eigenvalue weighted by molar-refractivity contribution is 0.407. The Labute approximate surface area is 111 Å². The van der Waals surface area contributed by atoms with Crippen molar-refractivity contribution in [3.05, 3.63) is 52.8 Å². The average Bonchev–Trinajstić information content (AvgIpc) is 2.40. The van der Waals surface area contributed by atoms with E-state index in [0.29, 0.717) is 18.1 Å². The van der Waals surface area contributed by atoms with Crippen LogP contribution >= 0.6 is 11.6 Å². The van der Waals surface area contributed by atoms with Gasteiger partial charge in [0.25, 0.3) is 0 Å². The van der Waals surface area contributed by atoms with E-state index in [9.17, 15) is 0 Å². The molecule has 0 saturated carbocycles. The summed E-state index contributed by atoms with van der Waals surface area (Å²) >= 11 is 5.96. The second-order valence-corrected chi connectivity index (χ2v) is 4.21. The number of hydrogen-bond acceptors (Lipinski definition) is 4. The Morgan fingerprint density at radius 2 is 2.17 bits per heavy atom. The van der Waals surface area contributed by atoms with Crippen LogP contribution in [0.5, 0.6) is 5.75 Å². The van der Waals surface area contributed by atoms with Gasteiger partial charge >= 0.3 is 0 Å². The van der Waals surface area contributed by atoms with Gasteiger partial charge in [-0.2, -0.15) is 10.2 Å². The monoisotopic (exact) mass is 263 g/mol. The lowest BCUT2D eigenvalue weighted by atomic mass is 10.2. The van der Waals surface area contributed by atoms with E-state index in [2.05, 4.69) is 15.5 Å². The van der Waals surface area contributed by atoms with Crippen molar-refractivity contribution in [1.29, 1.82) is 0 Å². The molecule has 0 fully saturated rings. The van der Waals surface area contributed by atoms with E-state index in [1.54, 1.807) is 13.3 Å². The maximum absolute atomic E-state index is 5.96. The summed E-state index contributed by atoms with van der Waals surface area (Å²) in [5, 5.41) is 11.8. The first-order valence-electron chi connectivity index (χ1n) is 5.59. The van der Waals surface area contributed by atoms with E-state index in [4.69, 9.17) is 16.3 Å². The summed E-state index contributed by atoms with van der Waals surface area (Å²) < 4.78 is 5.28. The topological polar surface area (TPSA) is 47.0 Å². The molecule has 5 heteroatoms. The van der Waals surface area contributed by atoms with E-state index in [1.165, 1.54) is 0 Å². The molecule has 1 N–H and O–H groups in total. The molecule has 0 saturated heterocycles. The molecule has 18 heavy (non-hydrogen) atoms. The maximum Gasteiger partial charge on any atom is 0.123 e. The zero-order valence-electron chi connectivity index (χ0n) is 10.1. The quantitative estimate of drug-likeness (QED) is 0.900. The van der Waals surface area contributed by atoms with E-state index in [1.807, 2.05) is 30.3 Å². The van der Waals surface area contributed by atoms with Gasteiger partial charge in [-0.1, -0.05) is 11.6 Å². The number of aromatic nitrogens is 2. The summed E-state index contributed by atoms with van der Waals surface area (Å²) in [5.74, 6) is 0.825. The predicted octanol–water partition coefficient (Wildman–Crippen LogP) is 2.43. The molecule has 0 unspecified atom stereocenters. The van der Waals surface area contributed by atoms with Crippen molar-refractivity contribution in [3.8, 4) is 5.75 Å². The number of rotatable bonds is 5. The Balaban J connectivity index is 1.96. The van der Waals surface area contributed by atoms with Gasteiger partial charge in [-0.3, -0.25) is 0 Å². The number of benzene rings is 1. The maximum atomic E-state index is 5.96. The van der Waals surface area contributed by atoms with Gasteiger partial charge in [0.2, 0.25) is 0 Å². The van der Waals surface area contributed by atoms with Gasteiger partial charge in [0.05, 0.1) is 12.8 Å². The number of nitrogens with zero attached hydrogens (tertiary/aromatic N) is 2. The van der Waals surface area contributed by atoms with Gasteiger partial charge in [-0.25, -0.2) is 0 Å². The Bertz CT molecular complexity index is 505. The molecule has 1 heterocycles. The molecule has 0 spiro atoms. The number of ether oxygens (including phenoxy) is 1. The number of halogens is 1. The van der Waals surface area contributed by atoms with Crippen LogP contribution in [0.25, 0.3) is 0 Å². The molecule has 0 aliphatic rings. The highest BCUT2D eigenvalue weighted by Gasteiger charge is 2.03. The summed E-state index contributed by atoms with van der Waals surface area (Å²) in [5.41, 5.74) is 1.92. The first kappa shape index (κ1) is 12.8. The normalized spacial score (nSPS) is 10.3. The Morgan fingerprint density at radius 1 is 1.28 bits per heavy atom. The molecule has 1 aromatic heterocycles. The van der Waals surface area contributed by atoms with Crippen molar-refractivity contribution in [2.45, 2.75) is 13.1 Å². The smallest absolute Gasteiger partial charge is 0.123 e. The molecule has 2 aromatic rings.